The van der Waals surface area contributed by atoms with Crippen LogP contribution < -0.4 is 9.03 Å². The number of benzene rings is 1. The molecule has 1 fully saturated rings. The minimum absolute atomic E-state index is 0.0616. The molecule has 0 aromatic heterocycles. The van der Waals surface area contributed by atoms with Crippen LogP contribution in [0.4, 0.5) is 5.69 Å². The number of phenolic OH excluding ortho intramolecular Hbond substituents is 1. The first kappa shape index (κ1) is 15.6. The Balaban J connectivity index is 2.02. The summed E-state index contributed by atoms with van der Waals surface area (Å²) >= 11 is 0. The average Bonchev–Trinajstić information content (AvgIpc) is 2.85. The van der Waals surface area contributed by atoms with Gasteiger partial charge in [0.15, 0.2) is 0 Å². The lowest BCUT2D eigenvalue weighted by Gasteiger charge is -2.37. The Labute approximate surface area is 132 Å². The van der Waals surface area contributed by atoms with Crippen molar-refractivity contribution < 1.29 is 13.5 Å². The Kier molecular flexibility index (Phi) is 3.85. The Morgan fingerprint density at radius 3 is 2.59 bits per heavy atom. The molecule has 2 N–H and O–H groups in total. The van der Waals surface area contributed by atoms with E-state index in [0.29, 0.717) is 24.2 Å². The van der Waals surface area contributed by atoms with Crippen LogP contribution >= 0.6 is 0 Å². The van der Waals surface area contributed by atoms with Crippen molar-refractivity contribution in [2.45, 2.75) is 46.0 Å². The van der Waals surface area contributed by atoms with Crippen LogP contribution in [-0.2, 0) is 23.1 Å². The van der Waals surface area contributed by atoms with Crippen molar-refractivity contribution in [1.82, 2.24) is 4.72 Å². The highest BCUT2D eigenvalue weighted by Gasteiger charge is 2.34. The van der Waals surface area contributed by atoms with Gasteiger partial charge in [-0.25, -0.2) is 0 Å². The van der Waals surface area contributed by atoms with E-state index >= 15 is 0 Å². The van der Waals surface area contributed by atoms with Gasteiger partial charge in [-0.2, -0.15) is 13.1 Å². The lowest BCUT2D eigenvalue weighted by atomic mass is 9.68. The van der Waals surface area contributed by atoms with Crippen LogP contribution in [0.25, 0.3) is 0 Å². The second kappa shape index (κ2) is 5.42. The average molecular weight is 324 g/mol. The highest BCUT2D eigenvalue weighted by atomic mass is 32.2. The molecule has 1 saturated heterocycles. The normalized spacial score (nSPS) is 22.5. The summed E-state index contributed by atoms with van der Waals surface area (Å²) in [7, 11) is -3.51. The van der Waals surface area contributed by atoms with Gasteiger partial charge in [0, 0.05) is 13.1 Å². The van der Waals surface area contributed by atoms with Crippen LogP contribution in [-0.4, -0.2) is 26.6 Å². The molecule has 0 radical (unpaired) electrons. The van der Waals surface area contributed by atoms with Gasteiger partial charge >= 0.3 is 10.2 Å². The fraction of sp³-hybridized carbons (Fsp3) is 0.625. The lowest BCUT2D eigenvalue weighted by molar-refractivity contribution is 0.224. The smallest absolute Gasteiger partial charge is 0.301 e. The molecule has 6 heteroatoms. The standard InChI is InChI=1S/C16H24N2O3S/c1-3-16(4-2)6-5-12-10-15(19)14(9-13(12)11-16)18-8-7-17-22(18,20)21/h9-10,17,19H,3-8,11H2,1-2H3. The first-order valence-corrected chi connectivity index (χ1v) is 9.47. The third kappa shape index (κ3) is 2.48. The zero-order valence-corrected chi connectivity index (χ0v) is 14.0. The van der Waals surface area contributed by atoms with E-state index in [2.05, 4.69) is 18.6 Å². The van der Waals surface area contributed by atoms with Crippen LogP contribution in [0.5, 0.6) is 5.75 Å². The van der Waals surface area contributed by atoms with Gasteiger partial charge < -0.3 is 5.11 Å². The Morgan fingerprint density at radius 1 is 1.27 bits per heavy atom. The topological polar surface area (TPSA) is 69.6 Å². The molecule has 1 aliphatic carbocycles. The van der Waals surface area contributed by atoms with Crippen molar-refractivity contribution in [2.75, 3.05) is 17.4 Å². The van der Waals surface area contributed by atoms with Gasteiger partial charge in [-0.1, -0.05) is 26.7 Å². The zero-order chi connectivity index (χ0) is 16.0. The minimum atomic E-state index is -3.51. The summed E-state index contributed by atoms with van der Waals surface area (Å²) < 4.78 is 27.8. The number of nitrogens with one attached hydrogen (secondary N) is 1. The largest absolute Gasteiger partial charge is 0.506 e. The molecule has 0 amide bonds. The van der Waals surface area contributed by atoms with Crippen molar-refractivity contribution in [2.24, 2.45) is 5.41 Å². The second-order valence-electron chi connectivity index (χ2n) is 6.47. The molecule has 5 nitrogen and oxygen atoms in total. The monoisotopic (exact) mass is 324 g/mol. The first-order chi connectivity index (χ1) is 10.4. The van der Waals surface area contributed by atoms with Gasteiger partial charge in [-0.05, 0) is 47.9 Å². The van der Waals surface area contributed by atoms with Crippen molar-refractivity contribution in [3.63, 3.8) is 0 Å². The van der Waals surface area contributed by atoms with E-state index in [1.807, 2.05) is 6.07 Å². The molecule has 0 unspecified atom stereocenters. The van der Waals surface area contributed by atoms with Gasteiger partial charge in [0.05, 0.1) is 5.69 Å². The summed E-state index contributed by atoms with van der Waals surface area (Å²) in [6.07, 6.45) is 5.31. The van der Waals surface area contributed by atoms with Gasteiger partial charge in [-0.15, -0.1) is 0 Å². The maximum absolute atomic E-state index is 12.0. The third-order valence-electron chi connectivity index (χ3n) is 5.45. The molecule has 0 saturated carbocycles. The molecule has 0 atom stereocenters. The number of anilines is 1. The molecule has 3 rings (SSSR count). The summed E-state index contributed by atoms with van der Waals surface area (Å²) in [4.78, 5) is 0. The summed E-state index contributed by atoms with van der Waals surface area (Å²) in [5.74, 6) is 0.0616. The maximum Gasteiger partial charge on any atom is 0.301 e. The fourth-order valence-electron chi connectivity index (χ4n) is 3.73. The van der Waals surface area contributed by atoms with Crippen molar-refractivity contribution in [3.8, 4) is 5.75 Å². The highest BCUT2D eigenvalue weighted by Crippen LogP contribution is 2.44. The number of aromatic hydroxyl groups is 1. The SMILES string of the molecule is CCC1(CC)CCc2cc(O)c(N3CCNS3(=O)=O)cc2C1. The quantitative estimate of drug-likeness (QED) is 0.896. The van der Waals surface area contributed by atoms with E-state index < -0.39 is 10.2 Å². The number of hydrogen-bond donors (Lipinski definition) is 2. The van der Waals surface area contributed by atoms with Crippen molar-refractivity contribution in [3.05, 3.63) is 23.3 Å². The highest BCUT2D eigenvalue weighted by molar-refractivity contribution is 7.91. The third-order valence-corrected chi connectivity index (χ3v) is 6.97. The van der Waals surface area contributed by atoms with Crippen LogP contribution in [0.3, 0.4) is 0 Å². The van der Waals surface area contributed by atoms with Gasteiger partial charge in [0.25, 0.3) is 0 Å². The number of aryl methyl sites for hydroxylation is 1. The minimum Gasteiger partial charge on any atom is -0.506 e. The van der Waals surface area contributed by atoms with Gasteiger partial charge in [0.1, 0.15) is 5.75 Å². The van der Waals surface area contributed by atoms with Crippen LogP contribution in [0.1, 0.15) is 44.2 Å². The molecular formula is C16H24N2O3S. The molecule has 1 heterocycles. The summed E-state index contributed by atoms with van der Waals surface area (Å²) in [6.45, 7) is 5.20. The Hall–Kier alpha value is -1.27. The van der Waals surface area contributed by atoms with Crippen molar-refractivity contribution in [1.29, 1.82) is 0 Å². The molecule has 1 aromatic carbocycles. The summed E-state index contributed by atoms with van der Waals surface area (Å²) in [5, 5.41) is 10.3. The van der Waals surface area contributed by atoms with Gasteiger partial charge in [0.2, 0.25) is 0 Å². The van der Waals surface area contributed by atoms with E-state index in [-0.39, 0.29) is 5.75 Å². The molecule has 1 aliphatic heterocycles. The first-order valence-electron chi connectivity index (χ1n) is 8.03. The van der Waals surface area contributed by atoms with E-state index in [0.717, 1.165) is 37.7 Å². The Morgan fingerprint density at radius 2 is 2.00 bits per heavy atom. The molecule has 22 heavy (non-hydrogen) atoms. The van der Waals surface area contributed by atoms with E-state index in [4.69, 9.17) is 0 Å². The molecule has 2 aliphatic rings. The van der Waals surface area contributed by atoms with Crippen LogP contribution in [0.2, 0.25) is 0 Å². The molecule has 1 aromatic rings. The molecule has 0 spiro atoms. The van der Waals surface area contributed by atoms with Crippen LogP contribution in [0.15, 0.2) is 12.1 Å². The van der Waals surface area contributed by atoms with Crippen molar-refractivity contribution >= 4 is 15.9 Å². The lowest BCUT2D eigenvalue weighted by Crippen LogP contribution is -2.31. The number of fused-ring (bicyclic) bond motifs is 1. The number of nitrogens with zero attached hydrogens (tertiary/aromatic N) is 1. The molecular weight excluding hydrogens is 300 g/mol. The predicted octanol–water partition coefficient (Wildman–Crippen LogP) is 2.34. The zero-order valence-electron chi connectivity index (χ0n) is 13.2. The Bertz CT molecular complexity index is 681. The fourth-order valence-corrected chi connectivity index (χ4v) is 4.97. The predicted molar refractivity (Wildman–Crippen MR) is 87.4 cm³/mol. The maximum atomic E-state index is 12.0. The van der Waals surface area contributed by atoms with E-state index in [1.165, 1.54) is 9.87 Å². The molecule has 122 valence electrons. The van der Waals surface area contributed by atoms with Gasteiger partial charge in [-0.3, -0.25) is 4.31 Å². The summed E-state index contributed by atoms with van der Waals surface area (Å²) in [5.41, 5.74) is 3.06. The molecule has 0 bridgehead atoms. The summed E-state index contributed by atoms with van der Waals surface area (Å²) in [6, 6.07) is 3.64. The van der Waals surface area contributed by atoms with E-state index in [9.17, 15) is 13.5 Å². The van der Waals surface area contributed by atoms with Crippen LogP contribution in [0, 0.1) is 5.41 Å². The number of phenols is 1. The number of rotatable bonds is 3. The van der Waals surface area contributed by atoms with E-state index in [1.54, 1.807) is 6.07 Å². The number of hydrogen-bond acceptors (Lipinski definition) is 3. The second-order valence-corrected chi connectivity index (χ2v) is 8.14.